The molecule has 0 unspecified atom stereocenters. The zero-order valence-corrected chi connectivity index (χ0v) is 40.5. The van der Waals surface area contributed by atoms with Crippen LogP contribution in [0.2, 0.25) is 20.1 Å². The van der Waals surface area contributed by atoms with Gasteiger partial charge in [0.1, 0.15) is 5.78 Å². The standard InChI is InChI=1S/C29H24Cl4N2O2.C22H23N5O5/c1-34-27(15-18-5-3-2-4-6-18)29(37)35-16-21(11-19-7-9-23(30)25(32)13-19)28(36)22(17-35)12-20-8-10-24(31)26(33)14-20;1-12(28)2-6-15(21(31)32)10-17(29)14-7-3-13(4-8-14)5-9-16-11-24-18-19(25-16)26-22(23)27-20(18)30/h2-14,27,34H,15-17H2,1H3;3-4,7-8,11,15H,2,5-6,9-10H2,1H3,(H,31,32)(H3,23,25,26,27,30)/b21-11+,22-12+;/t27-;15-/m10/s1. The minimum Gasteiger partial charge on any atom is -0.481 e. The third-order valence-electron chi connectivity index (χ3n) is 11.2. The Labute approximate surface area is 417 Å². The summed E-state index contributed by atoms with van der Waals surface area (Å²) in [5.74, 6) is -2.61. The number of benzene rings is 4. The average Bonchev–Trinajstić information content (AvgIpc) is 3.32. The third-order valence-corrected chi connectivity index (χ3v) is 12.7. The fraction of sp³-hybridized carbons (Fsp3) is 0.235. The molecular weight excluding hydrogens is 964 g/mol. The number of nitrogens with one attached hydrogen (secondary N) is 2. The number of ketones is 3. The number of Topliss-reactive ketones (excluding diaryl/α,β-unsaturated/α-hetero) is 3. The van der Waals surface area contributed by atoms with E-state index in [9.17, 15) is 33.9 Å². The predicted octanol–water partition coefficient (Wildman–Crippen LogP) is 8.73. The molecule has 1 aliphatic rings. The molecule has 1 aliphatic heterocycles. The van der Waals surface area contributed by atoms with Gasteiger partial charge in [-0.2, -0.15) is 4.98 Å². The zero-order valence-electron chi connectivity index (χ0n) is 37.5. The largest absolute Gasteiger partial charge is 0.481 e. The van der Waals surface area contributed by atoms with Gasteiger partial charge in [0, 0.05) is 48.8 Å². The minimum atomic E-state index is -1.08. The van der Waals surface area contributed by atoms with E-state index in [-0.39, 0.29) is 72.7 Å². The van der Waals surface area contributed by atoms with E-state index in [0.717, 1.165) is 22.3 Å². The topological polar surface area (TPSA) is 218 Å². The highest BCUT2D eigenvalue weighted by Crippen LogP contribution is 2.29. The molecule has 14 nitrogen and oxygen atoms in total. The Morgan fingerprint density at radius 2 is 1.42 bits per heavy atom. The van der Waals surface area contributed by atoms with Crippen LogP contribution >= 0.6 is 46.4 Å². The number of nitrogens with zero attached hydrogens (tertiary/aromatic N) is 4. The summed E-state index contributed by atoms with van der Waals surface area (Å²) in [4.78, 5) is 90.4. The molecule has 356 valence electrons. The van der Waals surface area contributed by atoms with Gasteiger partial charge in [-0.3, -0.25) is 29.0 Å². The number of piperidine rings is 1. The van der Waals surface area contributed by atoms with Crippen molar-refractivity contribution >= 4 is 105 Å². The number of aliphatic carboxylic acids is 1. The molecule has 0 bridgehead atoms. The first-order valence-corrected chi connectivity index (χ1v) is 23.2. The molecule has 6 aromatic rings. The molecule has 0 spiro atoms. The summed E-state index contributed by atoms with van der Waals surface area (Å²) in [7, 11) is 1.76. The van der Waals surface area contributed by atoms with Crippen molar-refractivity contribution in [1.29, 1.82) is 0 Å². The van der Waals surface area contributed by atoms with E-state index in [1.54, 1.807) is 84.8 Å². The van der Waals surface area contributed by atoms with Crippen LogP contribution in [0.1, 0.15) is 64.5 Å². The predicted molar refractivity (Wildman–Crippen MR) is 270 cm³/mol. The maximum Gasteiger partial charge on any atom is 0.306 e. The number of rotatable bonds is 16. The summed E-state index contributed by atoms with van der Waals surface area (Å²) in [5.41, 5.74) is 10.8. The van der Waals surface area contributed by atoms with E-state index in [4.69, 9.17) is 52.1 Å². The lowest BCUT2D eigenvalue weighted by Gasteiger charge is -2.33. The van der Waals surface area contributed by atoms with Crippen LogP contribution in [-0.2, 0) is 38.4 Å². The Bertz CT molecular complexity index is 2940. The number of aromatic amines is 1. The van der Waals surface area contributed by atoms with Crippen molar-refractivity contribution in [2.75, 3.05) is 25.9 Å². The summed E-state index contributed by atoms with van der Waals surface area (Å²) < 4.78 is 0. The number of hydrogen-bond acceptors (Lipinski definition) is 11. The number of aryl methyl sites for hydroxylation is 2. The number of likely N-dealkylation sites (tertiary alicyclic amines) is 1. The Morgan fingerprint density at radius 1 is 0.812 bits per heavy atom. The highest BCUT2D eigenvalue weighted by atomic mass is 35.5. The number of halogens is 4. The van der Waals surface area contributed by atoms with Crippen molar-refractivity contribution in [3.05, 3.63) is 172 Å². The van der Waals surface area contributed by atoms with E-state index in [1.807, 2.05) is 30.3 Å². The SMILES string of the molecule is CC(=O)CC[C@@H](CC(=O)c1ccc(CCc2cnc3c(=O)[nH]c(N)nc3n2)cc1)C(=O)O.CN[C@H](Cc1ccccc1)C(=O)N1C/C(=C\c2ccc(Cl)c(Cl)c2)C(=O)/C(=C/c2ccc(Cl)c(Cl)c2)C1. The van der Waals surface area contributed by atoms with E-state index in [2.05, 4.69) is 25.3 Å². The number of carboxylic acid groups (broad SMARTS) is 1. The highest BCUT2D eigenvalue weighted by Gasteiger charge is 2.32. The molecule has 5 N–H and O–H groups in total. The van der Waals surface area contributed by atoms with Crippen LogP contribution < -0.4 is 16.6 Å². The molecule has 2 atom stereocenters. The number of anilines is 1. The summed E-state index contributed by atoms with van der Waals surface area (Å²) in [6, 6.07) is 26.6. The number of likely N-dealkylation sites (N-methyl/N-ethyl adjacent to an activating group) is 1. The van der Waals surface area contributed by atoms with Crippen LogP contribution in [0.5, 0.6) is 0 Å². The average molecular weight is 1010 g/mol. The molecule has 4 aromatic carbocycles. The lowest BCUT2D eigenvalue weighted by Crippen LogP contribution is -2.50. The van der Waals surface area contributed by atoms with Gasteiger partial charge in [-0.25, -0.2) is 9.97 Å². The van der Waals surface area contributed by atoms with E-state index < -0.39 is 23.5 Å². The summed E-state index contributed by atoms with van der Waals surface area (Å²) >= 11 is 24.5. The minimum absolute atomic E-state index is 0.0272. The molecular formula is C51H47Cl4N7O7. The van der Waals surface area contributed by atoms with Gasteiger partial charge in [-0.05, 0) is 98.3 Å². The number of aromatic nitrogens is 4. The number of nitrogen functional groups attached to an aromatic ring is 1. The fourth-order valence-corrected chi connectivity index (χ4v) is 8.05. The van der Waals surface area contributed by atoms with Crippen molar-refractivity contribution < 1.29 is 29.1 Å². The normalized spacial score (nSPS) is 14.6. The number of H-pyrrole nitrogens is 1. The number of fused-ring (bicyclic) bond motifs is 1. The van der Waals surface area contributed by atoms with Crippen LogP contribution in [0.15, 0.2) is 113 Å². The Morgan fingerprint density at radius 3 is 1.97 bits per heavy atom. The number of carbonyl (C=O) groups is 5. The van der Waals surface area contributed by atoms with Crippen LogP contribution in [0.25, 0.3) is 23.3 Å². The van der Waals surface area contributed by atoms with Gasteiger partial charge in [0.15, 0.2) is 22.7 Å². The van der Waals surface area contributed by atoms with Gasteiger partial charge in [0.25, 0.3) is 5.56 Å². The summed E-state index contributed by atoms with van der Waals surface area (Å²) in [5, 5.41) is 14.1. The van der Waals surface area contributed by atoms with Gasteiger partial charge in [0.2, 0.25) is 11.9 Å². The Hall–Kier alpha value is -6.55. The second kappa shape index (κ2) is 24.1. The Balaban J connectivity index is 0.000000229. The molecule has 2 aromatic heterocycles. The maximum atomic E-state index is 13.7. The molecule has 69 heavy (non-hydrogen) atoms. The van der Waals surface area contributed by atoms with Crippen molar-refractivity contribution in [3.63, 3.8) is 0 Å². The molecule has 1 saturated heterocycles. The van der Waals surface area contributed by atoms with Crippen molar-refractivity contribution in [3.8, 4) is 0 Å². The van der Waals surface area contributed by atoms with Crippen molar-refractivity contribution in [2.45, 2.75) is 51.5 Å². The first kappa shape index (κ1) is 51.8. The number of hydrogen-bond donors (Lipinski definition) is 4. The second-order valence-corrected chi connectivity index (χ2v) is 18.0. The third kappa shape index (κ3) is 14.5. The lowest BCUT2D eigenvalue weighted by molar-refractivity contribution is -0.142. The van der Waals surface area contributed by atoms with Gasteiger partial charge in [-0.15, -0.1) is 0 Å². The monoisotopic (exact) mass is 1010 g/mol. The van der Waals surface area contributed by atoms with E-state index in [0.29, 0.717) is 61.8 Å². The van der Waals surface area contributed by atoms with Crippen molar-refractivity contribution in [2.24, 2.45) is 5.92 Å². The van der Waals surface area contributed by atoms with Crippen LogP contribution in [0, 0.1) is 5.92 Å². The highest BCUT2D eigenvalue weighted by molar-refractivity contribution is 6.42. The van der Waals surface area contributed by atoms with E-state index >= 15 is 0 Å². The molecule has 0 aliphatic carbocycles. The first-order chi connectivity index (χ1) is 33.0. The van der Waals surface area contributed by atoms with Crippen molar-refractivity contribution in [1.82, 2.24) is 30.2 Å². The second-order valence-electron chi connectivity index (χ2n) is 16.3. The van der Waals surface area contributed by atoms with Gasteiger partial charge >= 0.3 is 5.97 Å². The Kier molecular flexibility index (Phi) is 18.1. The molecule has 0 radical (unpaired) electrons. The molecule has 18 heteroatoms. The number of nitrogens with two attached hydrogens (primary N) is 1. The van der Waals surface area contributed by atoms with Crippen LogP contribution in [0.4, 0.5) is 5.95 Å². The first-order valence-electron chi connectivity index (χ1n) is 21.7. The molecule has 1 fully saturated rings. The zero-order chi connectivity index (χ0) is 49.8. The van der Waals surface area contributed by atoms with Crippen LogP contribution in [0.3, 0.4) is 0 Å². The quantitative estimate of drug-likeness (QED) is 0.0529. The lowest BCUT2D eigenvalue weighted by atomic mass is 9.93. The molecule has 7 rings (SSSR count). The fourth-order valence-electron chi connectivity index (χ4n) is 7.44. The van der Waals surface area contributed by atoms with Crippen LogP contribution in [-0.4, -0.2) is 85.3 Å². The smallest absolute Gasteiger partial charge is 0.306 e. The van der Waals surface area contributed by atoms with E-state index in [1.165, 1.54) is 13.1 Å². The molecule has 3 heterocycles. The molecule has 1 amide bonds. The summed E-state index contributed by atoms with van der Waals surface area (Å²) in [6.07, 6.45) is 6.82. The van der Waals surface area contributed by atoms with Gasteiger partial charge < -0.3 is 25.9 Å². The van der Waals surface area contributed by atoms with Gasteiger partial charge in [-0.1, -0.05) is 113 Å². The molecule has 0 saturated carbocycles. The number of carbonyl (C=O) groups excluding carboxylic acids is 4. The summed E-state index contributed by atoms with van der Waals surface area (Å²) in [6.45, 7) is 1.74. The number of carboxylic acids is 1. The van der Waals surface area contributed by atoms with Gasteiger partial charge in [0.05, 0.1) is 37.7 Å². The number of amides is 1. The maximum absolute atomic E-state index is 13.7.